The van der Waals surface area contributed by atoms with Gasteiger partial charge in [0.05, 0.1) is 5.69 Å². The Morgan fingerprint density at radius 1 is 1.44 bits per heavy atom. The Bertz CT molecular complexity index is 385. The average Bonchev–Trinajstić information content (AvgIpc) is 3.26. The maximum Gasteiger partial charge on any atom is 0.393 e. The molecular formula is C13H21N3O2. The summed E-state index contributed by atoms with van der Waals surface area (Å²) in [4.78, 5) is 6.63. The van der Waals surface area contributed by atoms with Crippen molar-refractivity contribution in [2.45, 2.75) is 44.3 Å². The molecule has 2 saturated carbocycles. The summed E-state index contributed by atoms with van der Waals surface area (Å²) < 4.78 is 10.8. The van der Waals surface area contributed by atoms with Crippen molar-refractivity contribution in [1.82, 2.24) is 15.2 Å². The van der Waals surface area contributed by atoms with Crippen molar-refractivity contribution in [3.63, 3.8) is 0 Å². The zero-order chi connectivity index (χ0) is 12.4. The third-order valence-electron chi connectivity index (χ3n) is 3.52. The standard InChI is InChI=1S/C13H21N3O2/c1-16(12-4-5-12)6-7-17-13-15-11(9-18-13)8-14-10-2-3-10/h9-10,12,14H,2-8H2,1H3. The first-order valence-electron chi connectivity index (χ1n) is 6.82. The fourth-order valence-electron chi connectivity index (χ4n) is 1.95. The van der Waals surface area contributed by atoms with Gasteiger partial charge in [0.25, 0.3) is 0 Å². The van der Waals surface area contributed by atoms with E-state index in [2.05, 4.69) is 22.2 Å². The summed E-state index contributed by atoms with van der Waals surface area (Å²) in [5, 5.41) is 3.40. The Balaban J connectivity index is 1.36. The number of hydrogen-bond acceptors (Lipinski definition) is 5. The number of hydrogen-bond donors (Lipinski definition) is 1. The van der Waals surface area contributed by atoms with Crippen LogP contribution in [0.3, 0.4) is 0 Å². The minimum atomic E-state index is 0.395. The fourth-order valence-corrected chi connectivity index (χ4v) is 1.95. The van der Waals surface area contributed by atoms with Crippen LogP contribution in [-0.4, -0.2) is 42.2 Å². The summed E-state index contributed by atoms with van der Waals surface area (Å²) in [6.07, 6.45) is 7.30. The monoisotopic (exact) mass is 251 g/mol. The summed E-state index contributed by atoms with van der Waals surface area (Å²) in [5.74, 6) is 0. The van der Waals surface area contributed by atoms with E-state index in [9.17, 15) is 0 Å². The molecule has 2 fully saturated rings. The number of likely N-dealkylation sites (N-methyl/N-ethyl adjacent to an activating group) is 1. The lowest BCUT2D eigenvalue weighted by atomic mass is 10.5. The maximum atomic E-state index is 5.51. The Kier molecular flexibility index (Phi) is 3.52. The van der Waals surface area contributed by atoms with Crippen LogP contribution in [0.2, 0.25) is 0 Å². The molecule has 1 N–H and O–H groups in total. The summed E-state index contributed by atoms with van der Waals surface area (Å²) in [7, 11) is 2.14. The van der Waals surface area contributed by atoms with Gasteiger partial charge in [0.1, 0.15) is 12.9 Å². The first-order valence-corrected chi connectivity index (χ1v) is 6.82. The summed E-state index contributed by atoms with van der Waals surface area (Å²) >= 11 is 0. The summed E-state index contributed by atoms with van der Waals surface area (Å²) in [5.41, 5.74) is 0.924. The zero-order valence-electron chi connectivity index (χ0n) is 10.9. The normalized spacial score (nSPS) is 19.4. The molecule has 0 bridgehead atoms. The van der Waals surface area contributed by atoms with Crippen molar-refractivity contribution in [3.05, 3.63) is 12.0 Å². The first-order chi connectivity index (χ1) is 8.81. The van der Waals surface area contributed by atoms with E-state index in [0.29, 0.717) is 18.7 Å². The Labute approximate surface area is 108 Å². The fraction of sp³-hybridized carbons (Fsp3) is 0.769. The lowest BCUT2D eigenvalue weighted by molar-refractivity contribution is 0.188. The largest absolute Gasteiger partial charge is 0.449 e. The molecule has 0 aliphatic heterocycles. The average molecular weight is 251 g/mol. The van der Waals surface area contributed by atoms with E-state index in [4.69, 9.17) is 9.15 Å². The number of nitrogens with one attached hydrogen (secondary N) is 1. The van der Waals surface area contributed by atoms with Crippen LogP contribution in [0, 0.1) is 0 Å². The molecule has 0 saturated heterocycles. The van der Waals surface area contributed by atoms with Crippen molar-refractivity contribution in [2.24, 2.45) is 0 Å². The van der Waals surface area contributed by atoms with Gasteiger partial charge in [-0.3, -0.25) is 0 Å². The van der Waals surface area contributed by atoms with E-state index in [1.54, 1.807) is 6.26 Å². The molecule has 5 heteroatoms. The second-order valence-corrected chi connectivity index (χ2v) is 5.32. The van der Waals surface area contributed by atoms with Gasteiger partial charge in [-0.25, -0.2) is 0 Å². The second kappa shape index (κ2) is 5.28. The molecule has 5 nitrogen and oxygen atoms in total. The minimum Gasteiger partial charge on any atom is -0.449 e. The predicted octanol–water partition coefficient (Wildman–Crippen LogP) is 1.40. The van der Waals surface area contributed by atoms with Crippen LogP contribution in [0.5, 0.6) is 6.08 Å². The van der Waals surface area contributed by atoms with Crippen LogP contribution in [0.4, 0.5) is 0 Å². The van der Waals surface area contributed by atoms with Crippen LogP contribution in [0.15, 0.2) is 10.7 Å². The summed E-state index contributed by atoms with van der Waals surface area (Å²) in [6, 6.07) is 1.47. The van der Waals surface area contributed by atoms with E-state index in [0.717, 1.165) is 24.8 Å². The van der Waals surface area contributed by atoms with Crippen LogP contribution < -0.4 is 10.1 Å². The zero-order valence-corrected chi connectivity index (χ0v) is 10.9. The molecule has 0 unspecified atom stereocenters. The van der Waals surface area contributed by atoms with Gasteiger partial charge in [-0.1, -0.05) is 0 Å². The minimum absolute atomic E-state index is 0.395. The van der Waals surface area contributed by atoms with Crippen molar-refractivity contribution >= 4 is 0 Å². The lowest BCUT2D eigenvalue weighted by Crippen LogP contribution is -2.26. The highest BCUT2D eigenvalue weighted by molar-refractivity contribution is 5.00. The van der Waals surface area contributed by atoms with Crippen molar-refractivity contribution < 1.29 is 9.15 Å². The highest BCUT2D eigenvalue weighted by Gasteiger charge is 2.25. The van der Waals surface area contributed by atoms with Crippen molar-refractivity contribution in [1.29, 1.82) is 0 Å². The van der Waals surface area contributed by atoms with E-state index in [1.165, 1.54) is 25.7 Å². The highest BCUT2D eigenvalue weighted by Crippen LogP contribution is 2.24. The number of ether oxygens (including phenoxy) is 1. The number of nitrogens with zero attached hydrogens (tertiary/aromatic N) is 2. The molecule has 0 spiro atoms. The molecular weight excluding hydrogens is 230 g/mol. The SMILES string of the molecule is CN(CCOc1nc(CNC2CC2)co1)C1CC1. The van der Waals surface area contributed by atoms with Crippen LogP contribution in [0.1, 0.15) is 31.4 Å². The van der Waals surface area contributed by atoms with Crippen molar-refractivity contribution in [3.8, 4) is 6.08 Å². The molecule has 0 aromatic carbocycles. The molecule has 18 heavy (non-hydrogen) atoms. The highest BCUT2D eigenvalue weighted by atomic mass is 16.6. The van der Waals surface area contributed by atoms with Gasteiger partial charge >= 0.3 is 6.08 Å². The molecule has 0 atom stereocenters. The van der Waals surface area contributed by atoms with E-state index < -0.39 is 0 Å². The smallest absolute Gasteiger partial charge is 0.393 e. The van der Waals surface area contributed by atoms with Gasteiger partial charge in [0.2, 0.25) is 0 Å². The van der Waals surface area contributed by atoms with Gasteiger partial charge in [-0.05, 0) is 32.7 Å². The molecule has 3 rings (SSSR count). The molecule has 0 radical (unpaired) electrons. The molecule has 1 aromatic heterocycles. The molecule has 1 heterocycles. The predicted molar refractivity (Wildman–Crippen MR) is 67.5 cm³/mol. The molecule has 0 amide bonds. The lowest BCUT2D eigenvalue weighted by Gasteiger charge is -2.14. The van der Waals surface area contributed by atoms with E-state index in [-0.39, 0.29) is 0 Å². The topological polar surface area (TPSA) is 50.5 Å². The van der Waals surface area contributed by atoms with Gasteiger partial charge in [-0.2, -0.15) is 4.98 Å². The van der Waals surface area contributed by atoms with Gasteiger partial charge in [0, 0.05) is 25.2 Å². The van der Waals surface area contributed by atoms with E-state index in [1.807, 2.05) is 0 Å². The number of rotatable bonds is 8. The second-order valence-electron chi connectivity index (χ2n) is 5.32. The maximum absolute atomic E-state index is 5.51. The molecule has 1 aromatic rings. The Morgan fingerprint density at radius 2 is 2.28 bits per heavy atom. The molecule has 100 valence electrons. The third-order valence-corrected chi connectivity index (χ3v) is 3.52. The van der Waals surface area contributed by atoms with Gasteiger partial charge in [-0.15, -0.1) is 0 Å². The molecule has 2 aliphatic carbocycles. The Morgan fingerprint density at radius 3 is 3.00 bits per heavy atom. The quantitative estimate of drug-likeness (QED) is 0.757. The van der Waals surface area contributed by atoms with Gasteiger partial charge < -0.3 is 19.4 Å². The first kappa shape index (κ1) is 12.0. The van der Waals surface area contributed by atoms with Crippen molar-refractivity contribution in [2.75, 3.05) is 20.2 Å². The van der Waals surface area contributed by atoms with Crippen LogP contribution in [0.25, 0.3) is 0 Å². The molecule has 2 aliphatic rings. The Hall–Kier alpha value is -1.07. The van der Waals surface area contributed by atoms with Crippen LogP contribution in [-0.2, 0) is 6.54 Å². The van der Waals surface area contributed by atoms with Crippen LogP contribution >= 0.6 is 0 Å². The van der Waals surface area contributed by atoms with E-state index >= 15 is 0 Å². The summed E-state index contributed by atoms with van der Waals surface area (Å²) in [6.45, 7) is 2.35. The van der Waals surface area contributed by atoms with Gasteiger partial charge in [0.15, 0.2) is 0 Å². The number of aromatic nitrogens is 1. The number of oxazole rings is 1. The third kappa shape index (κ3) is 3.46.